The number of amides is 4. The number of para-hydroxylation sites is 1. The van der Waals surface area contributed by atoms with Crippen molar-refractivity contribution in [2.24, 2.45) is 5.73 Å². The van der Waals surface area contributed by atoms with Gasteiger partial charge in [0.1, 0.15) is 5.54 Å². The number of unbranched alkanes of at least 4 members (excludes halogenated alkanes) is 1. The Hall–Kier alpha value is -2.61. The topological polar surface area (TPSA) is 117 Å². The van der Waals surface area contributed by atoms with Gasteiger partial charge in [0.05, 0.1) is 6.54 Å². The van der Waals surface area contributed by atoms with Crippen LogP contribution in [0, 0.1) is 0 Å². The third kappa shape index (κ3) is 5.45. The number of rotatable bonds is 9. The maximum Gasteiger partial charge on any atom is 0.329 e. The Labute approximate surface area is 166 Å². The van der Waals surface area contributed by atoms with Gasteiger partial charge in [-0.05, 0) is 31.4 Å². The number of benzene rings is 1. The van der Waals surface area contributed by atoms with E-state index >= 15 is 0 Å². The summed E-state index contributed by atoms with van der Waals surface area (Å²) in [5.41, 5.74) is 10.5. The molecule has 2 rings (SSSR count). The van der Waals surface area contributed by atoms with E-state index in [0.717, 1.165) is 32.1 Å². The molecule has 1 saturated carbocycles. The normalized spacial score (nSPS) is 15.5. The van der Waals surface area contributed by atoms with Crippen LogP contribution in [0.3, 0.4) is 0 Å². The van der Waals surface area contributed by atoms with E-state index in [4.69, 9.17) is 5.73 Å². The van der Waals surface area contributed by atoms with Crippen molar-refractivity contribution in [3.8, 4) is 0 Å². The molecule has 1 aromatic carbocycles. The number of hydrogen-bond acceptors (Lipinski definition) is 4. The van der Waals surface area contributed by atoms with Gasteiger partial charge in [-0.3, -0.25) is 19.9 Å². The molecule has 0 spiro atoms. The lowest BCUT2D eigenvalue weighted by Crippen LogP contribution is -2.63. The quantitative estimate of drug-likeness (QED) is 0.381. The zero-order valence-corrected chi connectivity index (χ0v) is 16.5. The molecule has 0 radical (unpaired) electrons. The van der Waals surface area contributed by atoms with Crippen molar-refractivity contribution in [2.45, 2.75) is 57.4 Å². The summed E-state index contributed by atoms with van der Waals surface area (Å²) in [5, 5.41) is 2.70. The standard InChI is InChI=1S/C20H31N5O3/c1-2-3-14-22-19(28)24-23-15-17(26)25(16-10-6-4-7-11-16)20(18(21)27)12-8-5-9-13-20/h4,6-7,10-11,23H,2-3,5,8-9,12-15H2,1H3,(H2,21,27)(H2,22,24,28). The van der Waals surface area contributed by atoms with E-state index in [2.05, 4.69) is 16.2 Å². The van der Waals surface area contributed by atoms with Crippen molar-refractivity contribution < 1.29 is 14.4 Å². The molecule has 1 aliphatic carbocycles. The molecule has 0 aliphatic heterocycles. The fraction of sp³-hybridized carbons (Fsp3) is 0.550. The van der Waals surface area contributed by atoms with Crippen LogP contribution >= 0.6 is 0 Å². The third-order valence-electron chi connectivity index (χ3n) is 5.09. The van der Waals surface area contributed by atoms with Gasteiger partial charge in [-0.15, -0.1) is 0 Å². The lowest BCUT2D eigenvalue weighted by molar-refractivity contribution is -0.129. The van der Waals surface area contributed by atoms with Gasteiger partial charge in [-0.2, -0.15) is 0 Å². The monoisotopic (exact) mass is 389 g/mol. The molecule has 1 aliphatic rings. The third-order valence-corrected chi connectivity index (χ3v) is 5.09. The van der Waals surface area contributed by atoms with Crippen LogP contribution in [0.2, 0.25) is 0 Å². The highest BCUT2D eigenvalue weighted by Gasteiger charge is 2.46. The van der Waals surface area contributed by atoms with Crippen molar-refractivity contribution in [2.75, 3.05) is 18.0 Å². The van der Waals surface area contributed by atoms with Crippen LogP contribution < -0.4 is 26.8 Å². The number of hydrazine groups is 1. The molecular weight excluding hydrogens is 358 g/mol. The molecule has 1 aromatic rings. The molecule has 154 valence electrons. The van der Waals surface area contributed by atoms with Crippen molar-refractivity contribution >= 4 is 23.5 Å². The Bertz CT molecular complexity index is 659. The number of primary amides is 1. The number of anilines is 1. The summed E-state index contributed by atoms with van der Waals surface area (Å²) in [6.45, 7) is 2.46. The predicted octanol–water partition coefficient (Wildman–Crippen LogP) is 1.81. The number of carbonyl (C=O) groups excluding carboxylic acids is 3. The van der Waals surface area contributed by atoms with Crippen molar-refractivity contribution in [3.05, 3.63) is 30.3 Å². The van der Waals surface area contributed by atoms with Gasteiger partial charge < -0.3 is 11.1 Å². The summed E-state index contributed by atoms with van der Waals surface area (Å²) >= 11 is 0. The maximum atomic E-state index is 13.1. The first-order valence-electron chi connectivity index (χ1n) is 9.96. The van der Waals surface area contributed by atoms with E-state index in [0.29, 0.717) is 25.1 Å². The molecule has 8 heteroatoms. The highest BCUT2D eigenvalue weighted by atomic mass is 16.2. The Morgan fingerprint density at radius 1 is 1.11 bits per heavy atom. The lowest BCUT2D eigenvalue weighted by atomic mass is 9.79. The van der Waals surface area contributed by atoms with Gasteiger partial charge in [-0.1, -0.05) is 50.8 Å². The lowest BCUT2D eigenvalue weighted by Gasteiger charge is -2.44. The second-order valence-electron chi connectivity index (χ2n) is 7.11. The molecule has 0 unspecified atom stereocenters. The molecule has 4 amide bonds. The van der Waals surface area contributed by atoms with Crippen molar-refractivity contribution in [1.29, 1.82) is 0 Å². The molecule has 0 bridgehead atoms. The summed E-state index contributed by atoms with van der Waals surface area (Å²) in [4.78, 5) is 38.8. The maximum absolute atomic E-state index is 13.1. The Morgan fingerprint density at radius 3 is 2.39 bits per heavy atom. The smallest absolute Gasteiger partial charge is 0.329 e. The Morgan fingerprint density at radius 2 is 1.79 bits per heavy atom. The Kier molecular flexibility index (Phi) is 8.25. The summed E-state index contributed by atoms with van der Waals surface area (Å²) in [6.07, 6.45) is 5.63. The minimum Gasteiger partial charge on any atom is -0.368 e. The highest BCUT2D eigenvalue weighted by Crippen LogP contribution is 2.36. The number of nitrogens with two attached hydrogens (primary N) is 1. The number of urea groups is 1. The molecule has 1 fully saturated rings. The molecule has 28 heavy (non-hydrogen) atoms. The fourth-order valence-electron chi connectivity index (χ4n) is 3.63. The van der Waals surface area contributed by atoms with Crippen LogP contribution in [0.1, 0.15) is 51.9 Å². The fourth-order valence-corrected chi connectivity index (χ4v) is 3.63. The molecule has 0 atom stereocenters. The molecule has 5 N–H and O–H groups in total. The van der Waals surface area contributed by atoms with Gasteiger partial charge >= 0.3 is 6.03 Å². The number of hydrogen-bond donors (Lipinski definition) is 4. The number of nitrogens with zero attached hydrogens (tertiary/aromatic N) is 1. The highest BCUT2D eigenvalue weighted by molar-refractivity contribution is 6.04. The van der Waals surface area contributed by atoms with Crippen LogP contribution in [0.5, 0.6) is 0 Å². The van der Waals surface area contributed by atoms with Crippen molar-refractivity contribution in [3.63, 3.8) is 0 Å². The summed E-state index contributed by atoms with van der Waals surface area (Å²) in [7, 11) is 0. The predicted molar refractivity (Wildman–Crippen MR) is 108 cm³/mol. The molecular formula is C20H31N5O3. The second kappa shape index (κ2) is 10.7. The van der Waals surface area contributed by atoms with Gasteiger partial charge in [0.25, 0.3) is 0 Å². The first-order chi connectivity index (χ1) is 13.5. The van der Waals surface area contributed by atoms with Crippen LogP contribution in [0.25, 0.3) is 0 Å². The van der Waals surface area contributed by atoms with E-state index < -0.39 is 17.5 Å². The second-order valence-corrected chi connectivity index (χ2v) is 7.11. The largest absolute Gasteiger partial charge is 0.368 e. The average molecular weight is 390 g/mol. The number of nitrogens with one attached hydrogen (secondary N) is 3. The van der Waals surface area contributed by atoms with Gasteiger partial charge in [0.2, 0.25) is 11.8 Å². The van der Waals surface area contributed by atoms with Crippen LogP contribution in [-0.4, -0.2) is 36.5 Å². The van der Waals surface area contributed by atoms with Crippen LogP contribution in [-0.2, 0) is 9.59 Å². The summed E-state index contributed by atoms with van der Waals surface area (Å²) in [6, 6.07) is 8.68. The molecule has 0 saturated heterocycles. The van der Waals surface area contributed by atoms with Gasteiger partial charge in [0, 0.05) is 12.2 Å². The molecule has 0 aromatic heterocycles. The average Bonchev–Trinajstić information content (AvgIpc) is 2.70. The zero-order valence-electron chi connectivity index (χ0n) is 16.5. The van der Waals surface area contributed by atoms with E-state index in [-0.39, 0.29) is 12.5 Å². The zero-order chi connectivity index (χ0) is 20.4. The van der Waals surface area contributed by atoms with E-state index in [1.807, 2.05) is 25.1 Å². The summed E-state index contributed by atoms with van der Waals surface area (Å²) in [5.74, 6) is -0.810. The molecule has 0 heterocycles. The van der Waals surface area contributed by atoms with Gasteiger partial charge in [0.15, 0.2) is 0 Å². The first-order valence-corrected chi connectivity index (χ1v) is 9.96. The first kappa shape index (κ1) is 21.7. The van der Waals surface area contributed by atoms with E-state index in [1.54, 1.807) is 12.1 Å². The van der Waals surface area contributed by atoms with Crippen LogP contribution in [0.15, 0.2) is 30.3 Å². The van der Waals surface area contributed by atoms with Gasteiger partial charge in [-0.25, -0.2) is 10.2 Å². The Balaban J connectivity index is 2.10. The van der Waals surface area contributed by atoms with E-state index in [1.165, 1.54) is 4.90 Å². The minimum atomic E-state index is -1.04. The molecule has 8 nitrogen and oxygen atoms in total. The minimum absolute atomic E-state index is 0.148. The van der Waals surface area contributed by atoms with E-state index in [9.17, 15) is 14.4 Å². The number of carbonyl (C=O) groups is 3. The summed E-state index contributed by atoms with van der Waals surface area (Å²) < 4.78 is 0. The van der Waals surface area contributed by atoms with Crippen LogP contribution in [0.4, 0.5) is 10.5 Å². The SMILES string of the molecule is CCCCNC(=O)NNCC(=O)N(c1ccccc1)C1(C(N)=O)CCCCC1. The van der Waals surface area contributed by atoms with Crippen molar-refractivity contribution in [1.82, 2.24) is 16.2 Å².